The van der Waals surface area contributed by atoms with Crippen molar-refractivity contribution in [3.63, 3.8) is 0 Å². The van der Waals surface area contributed by atoms with Crippen LogP contribution >= 0.6 is 0 Å². The van der Waals surface area contributed by atoms with Crippen LogP contribution in [0.3, 0.4) is 0 Å². The van der Waals surface area contributed by atoms with E-state index in [1.807, 2.05) is 25.7 Å². The molecular weight excluding hydrogens is 326 g/mol. The van der Waals surface area contributed by atoms with Crippen LogP contribution in [0, 0.1) is 23.2 Å². The Balaban J connectivity index is 1.40. The smallest absolute Gasteiger partial charge is 0.317 e. The highest BCUT2D eigenvalue weighted by Crippen LogP contribution is 2.60. The lowest BCUT2D eigenvalue weighted by Gasteiger charge is -2.56. The zero-order valence-corrected chi connectivity index (χ0v) is 16.7. The van der Waals surface area contributed by atoms with E-state index in [0.717, 1.165) is 56.5 Å². The van der Waals surface area contributed by atoms with E-state index in [9.17, 15) is 9.59 Å². The van der Waals surface area contributed by atoms with Gasteiger partial charge in [-0.2, -0.15) is 0 Å². The average Bonchev–Trinajstić information content (AvgIpc) is 2.77. The fourth-order valence-electron chi connectivity index (χ4n) is 6.43. The first kappa shape index (κ1) is 18.1. The molecule has 1 aliphatic heterocycles. The van der Waals surface area contributed by atoms with Crippen LogP contribution in [0.2, 0.25) is 0 Å². The Morgan fingerprint density at radius 3 is 1.88 bits per heavy atom. The third kappa shape index (κ3) is 3.46. The van der Waals surface area contributed by atoms with E-state index in [0.29, 0.717) is 19.0 Å². The van der Waals surface area contributed by atoms with Gasteiger partial charge in [0.1, 0.15) is 0 Å². The van der Waals surface area contributed by atoms with Crippen LogP contribution in [0.25, 0.3) is 0 Å². The second kappa shape index (κ2) is 6.42. The van der Waals surface area contributed by atoms with Crippen LogP contribution in [-0.2, 0) is 4.79 Å². The van der Waals surface area contributed by atoms with Gasteiger partial charge in [-0.25, -0.2) is 4.79 Å². The Morgan fingerprint density at radius 2 is 1.35 bits per heavy atom. The first-order valence-corrected chi connectivity index (χ1v) is 10.6. The number of carbonyl (C=O) groups is 2. The van der Waals surface area contributed by atoms with Gasteiger partial charge in [0.2, 0.25) is 5.91 Å². The van der Waals surface area contributed by atoms with Crippen LogP contribution in [0.5, 0.6) is 0 Å². The molecule has 0 aromatic rings. The molecule has 0 aromatic carbocycles. The highest BCUT2D eigenvalue weighted by molar-refractivity contribution is 5.83. The number of urea groups is 1. The molecule has 1 heterocycles. The van der Waals surface area contributed by atoms with Gasteiger partial charge in [-0.05, 0) is 83.5 Å². The van der Waals surface area contributed by atoms with E-state index in [-0.39, 0.29) is 17.0 Å². The Kier molecular flexibility index (Phi) is 4.47. The maximum absolute atomic E-state index is 13.5. The van der Waals surface area contributed by atoms with Gasteiger partial charge in [-0.15, -0.1) is 0 Å². The Labute approximate surface area is 157 Å². The largest absolute Gasteiger partial charge is 0.340 e. The predicted octanol–water partition coefficient (Wildman–Crippen LogP) is 3.25. The number of amides is 3. The molecule has 1 N–H and O–H groups in total. The Bertz CT molecular complexity index is 545. The number of hydrogen-bond donors (Lipinski definition) is 1. The van der Waals surface area contributed by atoms with Gasteiger partial charge in [-0.3, -0.25) is 4.79 Å². The molecule has 0 unspecified atom stereocenters. The van der Waals surface area contributed by atoms with Crippen molar-refractivity contribution in [3.05, 3.63) is 0 Å². The lowest BCUT2D eigenvalue weighted by atomic mass is 9.49. The summed E-state index contributed by atoms with van der Waals surface area (Å²) in [7, 11) is 0. The number of carbonyl (C=O) groups excluding carboxylic acids is 2. The van der Waals surface area contributed by atoms with Gasteiger partial charge in [-0.1, -0.05) is 0 Å². The van der Waals surface area contributed by atoms with Gasteiger partial charge in [0.15, 0.2) is 0 Å². The molecule has 26 heavy (non-hydrogen) atoms. The lowest BCUT2D eigenvalue weighted by Crippen LogP contribution is -2.55. The standard InChI is InChI=1S/C21H35N3O2/c1-20(2,3)22-19(26)24-6-4-5-23(7-8-24)18(25)21-12-15-9-16(13-21)11-17(10-15)14-21/h15-17H,4-14H2,1-3H3,(H,22,26). The summed E-state index contributed by atoms with van der Waals surface area (Å²) in [5, 5.41) is 3.05. The molecule has 5 aliphatic rings. The Morgan fingerprint density at radius 1 is 0.846 bits per heavy atom. The summed E-state index contributed by atoms with van der Waals surface area (Å²) < 4.78 is 0. The summed E-state index contributed by atoms with van der Waals surface area (Å²) in [6.45, 7) is 8.91. The van der Waals surface area contributed by atoms with Crippen LogP contribution < -0.4 is 5.32 Å². The molecule has 4 bridgehead atoms. The molecule has 4 aliphatic carbocycles. The summed E-state index contributed by atoms with van der Waals surface area (Å²) in [5.74, 6) is 2.80. The molecule has 0 spiro atoms. The number of rotatable bonds is 1. The minimum Gasteiger partial charge on any atom is -0.340 e. The van der Waals surface area contributed by atoms with Gasteiger partial charge in [0.05, 0.1) is 5.41 Å². The summed E-state index contributed by atoms with van der Waals surface area (Å²) in [4.78, 5) is 30.0. The van der Waals surface area contributed by atoms with Crippen LogP contribution in [0.15, 0.2) is 0 Å². The van der Waals surface area contributed by atoms with Crippen molar-refractivity contribution in [2.24, 2.45) is 23.2 Å². The summed E-state index contributed by atoms with van der Waals surface area (Å²) in [5.41, 5.74) is -0.282. The second-order valence-electron chi connectivity index (χ2n) is 10.5. The zero-order valence-electron chi connectivity index (χ0n) is 16.7. The van der Waals surface area contributed by atoms with Crippen LogP contribution in [0.1, 0.15) is 65.7 Å². The molecule has 5 heteroatoms. The van der Waals surface area contributed by atoms with Crippen molar-refractivity contribution in [2.45, 2.75) is 71.3 Å². The van der Waals surface area contributed by atoms with E-state index in [1.54, 1.807) is 0 Å². The predicted molar refractivity (Wildman–Crippen MR) is 102 cm³/mol. The number of nitrogens with one attached hydrogen (secondary N) is 1. The minimum atomic E-state index is -0.224. The minimum absolute atomic E-state index is 0.00148. The fourth-order valence-corrected chi connectivity index (χ4v) is 6.43. The molecule has 5 nitrogen and oxygen atoms in total. The summed E-state index contributed by atoms with van der Waals surface area (Å²) in [6, 6.07) is 0.00148. The summed E-state index contributed by atoms with van der Waals surface area (Å²) in [6.07, 6.45) is 8.37. The Hall–Kier alpha value is -1.26. The van der Waals surface area contributed by atoms with E-state index in [2.05, 4.69) is 10.2 Å². The fraction of sp³-hybridized carbons (Fsp3) is 0.905. The van der Waals surface area contributed by atoms with Gasteiger partial charge in [0.25, 0.3) is 0 Å². The monoisotopic (exact) mass is 361 g/mol. The highest BCUT2D eigenvalue weighted by Gasteiger charge is 2.55. The molecule has 5 rings (SSSR count). The van der Waals surface area contributed by atoms with Gasteiger partial charge < -0.3 is 15.1 Å². The molecule has 0 atom stereocenters. The van der Waals surface area contributed by atoms with E-state index in [1.165, 1.54) is 19.3 Å². The van der Waals surface area contributed by atoms with Gasteiger partial charge >= 0.3 is 6.03 Å². The second-order valence-corrected chi connectivity index (χ2v) is 10.5. The van der Waals surface area contributed by atoms with Crippen molar-refractivity contribution >= 4 is 11.9 Å². The first-order chi connectivity index (χ1) is 12.2. The van der Waals surface area contributed by atoms with Crippen LogP contribution in [-0.4, -0.2) is 53.5 Å². The van der Waals surface area contributed by atoms with Crippen molar-refractivity contribution in [1.29, 1.82) is 0 Å². The molecule has 1 saturated heterocycles. The quantitative estimate of drug-likeness (QED) is 0.779. The van der Waals surface area contributed by atoms with Crippen molar-refractivity contribution < 1.29 is 9.59 Å². The molecule has 0 aromatic heterocycles. The van der Waals surface area contributed by atoms with E-state index >= 15 is 0 Å². The lowest BCUT2D eigenvalue weighted by molar-refractivity contribution is -0.157. The van der Waals surface area contributed by atoms with Crippen molar-refractivity contribution in [1.82, 2.24) is 15.1 Å². The zero-order chi connectivity index (χ0) is 18.5. The third-order valence-corrected chi connectivity index (χ3v) is 7.04. The maximum Gasteiger partial charge on any atom is 0.317 e. The molecule has 3 amide bonds. The molecule has 5 fully saturated rings. The maximum atomic E-state index is 13.5. The van der Waals surface area contributed by atoms with Gasteiger partial charge in [0, 0.05) is 31.7 Å². The molecular formula is C21H35N3O2. The normalized spacial score (nSPS) is 36.8. The van der Waals surface area contributed by atoms with Crippen molar-refractivity contribution in [3.8, 4) is 0 Å². The third-order valence-electron chi connectivity index (χ3n) is 7.04. The SMILES string of the molecule is CC(C)(C)NC(=O)N1CCCN(C(=O)C23CC4CC(CC(C4)C2)C3)CC1. The number of hydrogen-bond acceptors (Lipinski definition) is 2. The van der Waals surface area contributed by atoms with E-state index < -0.39 is 0 Å². The van der Waals surface area contributed by atoms with Crippen LogP contribution in [0.4, 0.5) is 4.79 Å². The topological polar surface area (TPSA) is 52.7 Å². The van der Waals surface area contributed by atoms with Crippen molar-refractivity contribution in [2.75, 3.05) is 26.2 Å². The highest BCUT2D eigenvalue weighted by atomic mass is 16.2. The molecule has 4 saturated carbocycles. The number of nitrogens with zero attached hydrogens (tertiary/aromatic N) is 2. The molecule has 146 valence electrons. The average molecular weight is 362 g/mol. The first-order valence-electron chi connectivity index (χ1n) is 10.6. The van der Waals surface area contributed by atoms with E-state index in [4.69, 9.17) is 0 Å². The molecule has 0 radical (unpaired) electrons. The summed E-state index contributed by atoms with van der Waals surface area (Å²) >= 11 is 0.